The third-order valence-corrected chi connectivity index (χ3v) is 2.05. The van der Waals surface area contributed by atoms with Crippen LogP contribution in [0, 0.1) is 12.1 Å². The van der Waals surface area contributed by atoms with E-state index in [0.29, 0.717) is 10.3 Å². The molecule has 0 aliphatic heterocycles. The Kier molecular flexibility index (Phi) is 2.51. The molecule has 1 N–H and O–H groups in total. The molecule has 0 saturated carbocycles. The van der Waals surface area contributed by atoms with Crippen LogP contribution in [-0.2, 0) is 6.42 Å². The van der Waals surface area contributed by atoms with E-state index >= 15 is 0 Å². The lowest BCUT2D eigenvalue weighted by Crippen LogP contribution is -2.35. The lowest BCUT2D eigenvalue weighted by molar-refractivity contribution is -0.608. The van der Waals surface area contributed by atoms with Crippen molar-refractivity contribution in [1.82, 2.24) is 0 Å². The SMILES string of the molecule is CCc1cc[n+]([O-])c(C(=O)O)c1C. The number of aryl methyl sites for hydroxylation is 1. The molecule has 0 unspecified atom stereocenters. The van der Waals surface area contributed by atoms with Crippen molar-refractivity contribution in [2.45, 2.75) is 20.3 Å². The van der Waals surface area contributed by atoms with E-state index in [-0.39, 0.29) is 5.69 Å². The zero-order valence-corrected chi connectivity index (χ0v) is 7.57. The Hall–Kier alpha value is -1.58. The van der Waals surface area contributed by atoms with Gasteiger partial charge < -0.3 is 10.3 Å². The maximum atomic E-state index is 11.1. The monoisotopic (exact) mass is 181 g/mol. The molecule has 1 aromatic rings. The molecule has 1 heterocycles. The van der Waals surface area contributed by atoms with E-state index in [2.05, 4.69) is 0 Å². The quantitative estimate of drug-likeness (QED) is 0.544. The molecular formula is C9H11NO3. The number of pyridine rings is 1. The number of aromatic carboxylic acids is 1. The van der Waals surface area contributed by atoms with Gasteiger partial charge in [-0.05, 0) is 18.9 Å². The Morgan fingerprint density at radius 3 is 2.77 bits per heavy atom. The Morgan fingerprint density at radius 2 is 2.31 bits per heavy atom. The van der Waals surface area contributed by atoms with Gasteiger partial charge in [0.2, 0.25) is 0 Å². The molecule has 0 aliphatic rings. The first-order valence-electron chi connectivity index (χ1n) is 4.02. The first-order chi connectivity index (χ1) is 6.07. The summed E-state index contributed by atoms with van der Waals surface area (Å²) in [6.45, 7) is 3.57. The first kappa shape index (κ1) is 9.51. The summed E-state index contributed by atoms with van der Waals surface area (Å²) in [5.74, 6) is -1.18. The van der Waals surface area contributed by atoms with Crippen LogP contribution in [0.4, 0.5) is 0 Å². The van der Waals surface area contributed by atoms with Gasteiger partial charge in [-0.25, -0.2) is 4.79 Å². The number of carbonyl (C=O) groups is 1. The van der Waals surface area contributed by atoms with Gasteiger partial charge in [-0.2, -0.15) is 4.73 Å². The summed E-state index contributed by atoms with van der Waals surface area (Å²) in [6.07, 6.45) is 1.96. The van der Waals surface area contributed by atoms with E-state index in [9.17, 15) is 10.0 Å². The Balaban J connectivity index is 3.38. The van der Waals surface area contributed by atoms with E-state index in [0.717, 1.165) is 12.0 Å². The van der Waals surface area contributed by atoms with Gasteiger partial charge >= 0.3 is 11.7 Å². The maximum Gasteiger partial charge on any atom is 0.402 e. The number of carboxylic acid groups (broad SMARTS) is 1. The Bertz CT molecular complexity index is 347. The standard InChI is InChI=1S/C9H11NO3/c1-3-7-4-5-10(13)8(6(7)2)9(11)12/h4-5H,3H2,1-2H3,(H,11,12). The lowest BCUT2D eigenvalue weighted by atomic mass is 10.1. The summed E-state index contributed by atoms with van der Waals surface area (Å²) >= 11 is 0. The predicted octanol–water partition coefficient (Wildman–Crippen LogP) is 0.889. The fourth-order valence-corrected chi connectivity index (χ4v) is 1.31. The molecule has 0 amide bonds. The molecule has 0 spiro atoms. The zero-order chi connectivity index (χ0) is 10.0. The Morgan fingerprint density at radius 1 is 1.69 bits per heavy atom. The van der Waals surface area contributed by atoms with Crippen molar-refractivity contribution < 1.29 is 14.6 Å². The average Bonchev–Trinajstić information content (AvgIpc) is 2.04. The van der Waals surface area contributed by atoms with Gasteiger partial charge in [0, 0.05) is 11.6 Å². The minimum atomic E-state index is -1.18. The molecule has 4 heteroatoms. The van der Waals surface area contributed by atoms with Crippen LogP contribution in [0.1, 0.15) is 28.5 Å². The van der Waals surface area contributed by atoms with E-state index in [1.165, 1.54) is 6.20 Å². The molecule has 0 aliphatic carbocycles. The topological polar surface area (TPSA) is 64.2 Å². The number of hydrogen-bond donors (Lipinski definition) is 1. The van der Waals surface area contributed by atoms with Crippen molar-refractivity contribution in [1.29, 1.82) is 0 Å². The molecule has 0 radical (unpaired) electrons. The van der Waals surface area contributed by atoms with Gasteiger partial charge in [-0.3, -0.25) is 0 Å². The van der Waals surface area contributed by atoms with Crippen LogP contribution in [0.25, 0.3) is 0 Å². The van der Waals surface area contributed by atoms with Crippen molar-refractivity contribution in [2.24, 2.45) is 0 Å². The second kappa shape index (κ2) is 3.43. The molecule has 0 aromatic carbocycles. The van der Waals surface area contributed by atoms with E-state index in [1.807, 2.05) is 6.92 Å². The van der Waals surface area contributed by atoms with Crippen LogP contribution in [0.15, 0.2) is 12.3 Å². The number of carboxylic acids is 1. The molecular weight excluding hydrogens is 170 g/mol. The highest BCUT2D eigenvalue weighted by molar-refractivity contribution is 5.85. The fraction of sp³-hybridized carbons (Fsp3) is 0.333. The van der Waals surface area contributed by atoms with Crippen LogP contribution in [0.2, 0.25) is 0 Å². The summed E-state index contributed by atoms with van der Waals surface area (Å²) < 4.78 is 0.386. The molecule has 0 bridgehead atoms. The van der Waals surface area contributed by atoms with Crippen LogP contribution in [0.5, 0.6) is 0 Å². The fourth-order valence-electron chi connectivity index (χ4n) is 1.31. The molecule has 0 fully saturated rings. The van der Waals surface area contributed by atoms with Crippen molar-refractivity contribution in [3.8, 4) is 0 Å². The van der Waals surface area contributed by atoms with Gasteiger partial charge in [0.15, 0.2) is 6.20 Å². The summed E-state index contributed by atoms with van der Waals surface area (Å²) in [7, 11) is 0. The smallest absolute Gasteiger partial charge is 0.402 e. The van der Waals surface area contributed by atoms with Crippen LogP contribution >= 0.6 is 0 Å². The average molecular weight is 181 g/mol. The summed E-state index contributed by atoms with van der Waals surface area (Å²) in [5.41, 5.74) is 1.26. The minimum absolute atomic E-state index is 0.181. The molecule has 70 valence electrons. The summed E-state index contributed by atoms with van der Waals surface area (Å²) in [5, 5.41) is 19.8. The van der Waals surface area contributed by atoms with Crippen LogP contribution in [-0.4, -0.2) is 11.1 Å². The van der Waals surface area contributed by atoms with Gasteiger partial charge in [0.05, 0.1) is 0 Å². The predicted molar refractivity (Wildman–Crippen MR) is 46.5 cm³/mol. The minimum Gasteiger partial charge on any atom is -0.618 e. The first-order valence-corrected chi connectivity index (χ1v) is 4.02. The highest BCUT2D eigenvalue weighted by atomic mass is 16.5. The van der Waals surface area contributed by atoms with Crippen LogP contribution in [0.3, 0.4) is 0 Å². The number of aromatic nitrogens is 1. The molecule has 0 atom stereocenters. The summed E-state index contributed by atoms with van der Waals surface area (Å²) in [4.78, 5) is 10.7. The van der Waals surface area contributed by atoms with Crippen molar-refractivity contribution in [2.75, 3.05) is 0 Å². The maximum absolute atomic E-state index is 11.1. The Labute approximate surface area is 76.0 Å². The normalized spacial score (nSPS) is 10.0. The third-order valence-electron chi connectivity index (χ3n) is 2.05. The van der Waals surface area contributed by atoms with Gasteiger partial charge in [-0.1, -0.05) is 6.92 Å². The molecule has 1 aromatic heterocycles. The summed E-state index contributed by atoms with van der Waals surface area (Å²) in [6, 6.07) is 1.65. The molecule has 4 nitrogen and oxygen atoms in total. The molecule has 1 rings (SSSR count). The van der Waals surface area contributed by atoms with Crippen molar-refractivity contribution >= 4 is 5.97 Å². The second-order valence-corrected chi connectivity index (χ2v) is 2.80. The van der Waals surface area contributed by atoms with E-state index in [1.54, 1.807) is 13.0 Å². The van der Waals surface area contributed by atoms with Gasteiger partial charge in [-0.15, -0.1) is 0 Å². The second-order valence-electron chi connectivity index (χ2n) is 2.80. The van der Waals surface area contributed by atoms with Crippen molar-refractivity contribution in [3.63, 3.8) is 0 Å². The van der Waals surface area contributed by atoms with Gasteiger partial charge in [0.1, 0.15) is 0 Å². The van der Waals surface area contributed by atoms with E-state index in [4.69, 9.17) is 5.11 Å². The van der Waals surface area contributed by atoms with E-state index < -0.39 is 5.97 Å². The number of hydrogen-bond acceptors (Lipinski definition) is 2. The lowest BCUT2D eigenvalue weighted by Gasteiger charge is -2.06. The zero-order valence-electron chi connectivity index (χ0n) is 7.57. The largest absolute Gasteiger partial charge is 0.618 e. The molecule has 0 saturated heterocycles. The van der Waals surface area contributed by atoms with Crippen LogP contribution < -0.4 is 4.73 Å². The number of nitrogens with zero attached hydrogens (tertiary/aromatic N) is 1. The molecule has 13 heavy (non-hydrogen) atoms. The third kappa shape index (κ3) is 1.61. The van der Waals surface area contributed by atoms with Crippen molar-refractivity contribution in [3.05, 3.63) is 34.3 Å². The highest BCUT2D eigenvalue weighted by Gasteiger charge is 2.19. The highest BCUT2D eigenvalue weighted by Crippen LogP contribution is 2.10. The number of rotatable bonds is 2. The van der Waals surface area contributed by atoms with Gasteiger partial charge in [0.25, 0.3) is 0 Å².